The first kappa shape index (κ1) is 34.1. The van der Waals surface area contributed by atoms with Crippen molar-refractivity contribution < 1.29 is 24.6 Å². The number of fused-ring (bicyclic) bond motifs is 1. The molecule has 0 aliphatic carbocycles. The zero-order valence-corrected chi connectivity index (χ0v) is 28.0. The number of aliphatic hydroxyl groups excluding tert-OH is 1. The van der Waals surface area contributed by atoms with E-state index in [9.17, 15) is 24.6 Å². The Bertz CT molecular complexity index is 1710. The predicted molar refractivity (Wildman–Crippen MR) is 191 cm³/mol. The number of aliphatic hydroxyl groups is 2. The number of piperidine rings is 1. The van der Waals surface area contributed by atoms with Crippen molar-refractivity contribution in [1.29, 1.82) is 0 Å². The first-order chi connectivity index (χ1) is 23.7. The number of amides is 3. The van der Waals surface area contributed by atoms with Crippen molar-refractivity contribution >= 4 is 34.8 Å². The molecule has 10 heteroatoms. The third-order valence-corrected chi connectivity index (χ3v) is 10.1. The summed E-state index contributed by atoms with van der Waals surface area (Å²) in [6.07, 6.45) is 6.37. The van der Waals surface area contributed by atoms with Gasteiger partial charge in [-0.05, 0) is 61.8 Å². The first-order valence-electron chi connectivity index (χ1n) is 17.0. The number of hydrogen-bond donors (Lipinski definition) is 3. The molecule has 0 bridgehead atoms. The summed E-state index contributed by atoms with van der Waals surface area (Å²) >= 11 is 0. The Hall–Kier alpha value is -4.77. The summed E-state index contributed by atoms with van der Waals surface area (Å²) in [6, 6.07) is 25.0. The van der Waals surface area contributed by atoms with Crippen molar-refractivity contribution in [1.82, 2.24) is 10.2 Å². The maximum Gasteiger partial charge on any atom is 0.264 e. The van der Waals surface area contributed by atoms with Gasteiger partial charge in [0.2, 0.25) is 5.91 Å². The second kappa shape index (κ2) is 14.4. The lowest BCUT2D eigenvalue weighted by Gasteiger charge is -2.39. The molecular formula is C39H45N5O5. The summed E-state index contributed by atoms with van der Waals surface area (Å²) in [5, 5.41) is 25.3. The molecule has 3 aromatic rings. The van der Waals surface area contributed by atoms with Crippen LogP contribution in [0.4, 0.5) is 17.1 Å². The monoisotopic (exact) mass is 663 g/mol. The minimum absolute atomic E-state index is 0.00278. The van der Waals surface area contributed by atoms with Crippen LogP contribution in [0.1, 0.15) is 37.3 Å². The topological polar surface area (TPSA) is 117 Å². The van der Waals surface area contributed by atoms with Gasteiger partial charge in [-0.15, -0.1) is 6.58 Å². The van der Waals surface area contributed by atoms with Crippen molar-refractivity contribution in [2.24, 2.45) is 5.92 Å². The number of carbonyl (C=O) groups is 3. The molecule has 49 heavy (non-hydrogen) atoms. The van der Waals surface area contributed by atoms with Crippen LogP contribution in [0, 0.1) is 5.92 Å². The Morgan fingerprint density at radius 1 is 1.00 bits per heavy atom. The van der Waals surface area contributed by atoms with Gasteiger partial charge in [-0.3, -0.25) is 19.3 Å². The molecule has 1 spiro atoms. The first-order valence-corrected chi connectivity index (χ1v) is 17.0. The van der Waals surface area contributed by atoms with Crippen molar-refractivity contribution in [2.45, 2.75) is 43.9 Å². The Morgan fingerprint density at radius 2 is 1.69 bits per heavy atom. The van der Waals surface area contributed by atoms with Crippen molar-refractivity contribution in [3.63, 3.8) is 0 Å². The Balaban J connectivity index is 1.28. The summed E-state index contributed by atoms with van der Waals surface area (Å²) in [5.41, 5.74) is 0.885. The van der Waals surface area contributed by atoms with Crippen molar-refractivity contribution in [2.75, 3.05) is 54.2 Å². The number of nitrogens with one attached hydrogen (secondary N) is 1. The zero-order valence-electron chi connectivity index (χ0n) is 28.0. The van der Waals surface area contributed by atoms with Gasteiger partial charge in [-0.1, -0.05) is 73.7 Å². The van der Waals surface area contributed by atoms with Gasteiger partial charge in [0.05, 0.1) is 19.0 Å². The van der Waals surface area contributed by atoms with Crippen LogP contribution < -0.4 is 20.0 Å². The van der Waals surface area contributed by atoms with Gasteiger partial charge in [0, 0.05) is 48.9 Å². The van der Waals surface area contributed by atoms with E-state index in [-0.39, 0.29) is 37.9 Å². The quantitative estimate of drug-likeness (QED) is 0.252. The van der Waals surface area contributed by atoms with Crippen LogP contribution in [0.15, 0.2) is 104 Å². The van der Waals surface area contributed by atoms with Crippen molar-refractivity contribution in [3.8, 4) is 0 Å². The molecule has 10 nitrogen and oxygen atoms in total. The summed E-state index contributed by atoms with van der Waals surface area (Å²) < 4.78 is 0. The number of rotatable bonds is 12. The minimum Gasteiger partial charge on any atom is -0.395 e. The van der Waals surface area contributed by atoms with E-state index in [1.165, 1.54) is 4.90 Å². The van der Waals surface area contributed by atoms with Crippen LogP contribution in [-0.2, 0) is 26.5 Å². The van der Waals surface area contributed by atoms with Crippen LogP contribution in [-0.4, -0.2) is 77.8 Å². The SMILES string of the molecule is C=CCN1C(=O)[C@](O)([C@H](C)/C=C/CC(=O)N(CCO)Cc2ccccc2)c2cc(N3CN(c4ccccc4)C4(CCNCC4)C3=O)ccc21. The molecule has 256 valence electrons. The van der Waals surface area contributed by atoms with Crippen LogP contribution in [0.3, 0.4) is 0 Å². The summed E-state index contributed by atoms with van der Waals surface area (Å²) in [5.74, 6) is -1.36. The molecule has 3 aliphatic heterocycles. The summed E-state index contributed by atoms with van der Waals surface area (Å²) in [4.78, 5) is 48.6. The maximum absolute atomic E-state index is 14.4. The molecule has 3 aliphatic rings. The fourth-order valence-electron chi connectivity index (χ4n) is 7.44. The number of benzene rings is 3. The molecule has 2 saturated heterocycles. The molecule has 0 aromatic heterocycles. The highest BCUT2D eigenvalue weighted by Crippen LogP contribution is 2.48. The molecule has 2 atom stereocenters. The van der Waals surface area contributed by atoms with Gasteiger partial charge in [0.1, 0.15) is 5.54 Å². The predicted octanol–water partition coefficient (Wildman–Crippen LogP) is 3.94. The second-order valence-electron chi connectivity index (χ2n) is 13.0. The van der Waals surface area contributed by atoms with E-state index < -0.39 is 23.0 Å². The van der Waals surface area contributed by atoms with Gasteiger partial charge in [-0.25, -0.2) is 0 Å². The highest BCUT2D eigenvalue weighted by Gasteiger charge is 2.55. The van der Waals surface area contributed by atoms with Crippen LogP contribution in [0.25, 0.3) is 0 Å². The zero-order chi connectivity index (χ0) is 34.6. The lowest BCUT2D eigenvalue weighted by molar-refractivity contribution is -0.139. The van der Waals surface area contributed by atoms with E-state index in [0.717, 1.165) is 24.3 Å². The Labute approximate surface area is 287 Å². The van der Waals surface area contributed by atoms with E-state index in [4.69, 9.17) is 0 Å². The van der Waals surface area contributed by atoms with E-state index in [2.05, 4.69) is 16.8 Å². The summed E-state index contributed by atoms with van der Waals surface area (Å²) in [6.45, 7) is 7.99. The van der Waals surface area contributed by atoms with Crippen molar-refractivity contribution in [3.05, 3.63) is 115 Å². The molecule has 2 fully saturated rings. The van der Waals surface area contributed by atoms with Gasteiger partial charge >= 0.3 is 0 Å². The largest absolute Gasteiger partial charge is 0.395 e. The normalized spacial score (nSPS) is 20.7. The third kappa shape index (κ3) is 6.27. The third-order valence-electron chi connectivity index (χ3n) is 10.1. The number of para-hydroxylation sites is 1. The molecule has 3 heterocycles. The molecule has 0 radical (unpaired) electrons. The van der Waals surface area contributed by atoms with Gasteiger partial charge in [-0.2, -0.15) is 0 Å². The van der Waals surface area contributed by atoms with E-state index >= 15 is 0 Å². The van der Waals surface area contributed by atoms with Crippen LogP contribution in [0.2, 0.25) is 0 Å². The fraction of sp³-hybridized carbons (Fsp3) is 0.359. The number of anilines is 3. The van der Waals surface area contributed by atoms with E-state index in [0.29, 0.717) is 43.0 Å². The second-order valence-corrected chi connectivity index (χ2v) is 13.0. The molecule has 0 unspecified atom stereocenters. The molecule has 3 amide bonds. The molecule has 3 N–H and O–H groups in total. The average molecular weight is 664 g/mol. The smallest absolute Gasteiger partial charge is 0.264 e. The number of hydrogen-bond acceptors (Lipinski definition) is 7. The fourth-order valence-corrected chi connectivity index (χ4v) is 7.44. The van der Waals surface area contributed by atoms with E-state index in [1.54, 1.807) is 47.1 Å². The number of carbonyl (C=O) groups excluding carboxylic acids is 3. The Kier molecular flexibility index (Phi) is 10.0. The molecule has 0 saturated carbocycles. The highest BCUT2D eigenvalue weighted by molar-refractivity contribution is 6.10. The highest BCUT2D eigenvalue weighted by atomic mass is 16.3. The standard InChI is InChI=1S/C39H45N5O5/c1-3-23-42-34-18-17-32(43-28-44(31-14-8-5-9-15-31)38(36(43)47)19-21-40-22-20-38)26-33(34)39(49,37(42)48)29(2)11-10-16-35(46)41(24-25-45)27-30-12-6-4-7-13-30/h3-15,17-18,26,29,40,45,49H,1,16,19-25,27-28H2,2H3/b11-10+/t29-,39+/m1/s1. The van der Waals surface area contributed by atoms with Crippen LogP contribution in [0.5, 0.6) is 0 Å². The summed E-state index contributed by atoms with van der Waals surface area (Å²) in [7, 11) is 0. The molecule has 3 aromatic carbocycles. The van der Waals surface area contributed by atoms with Gasteiger partial charge in [0.25, 0.3) is 11.8 Å². The molecule has 6 rings (SSSR count). The lowest BCUT2D eigenvalue weighted by Crippen LogP contribution is -2.55. The average Bonchev–Trinajstić information content (AvgIpc) is 3.52. The maximum atomic E-state index is 14.4. The number of nitrogens with zero attached hydrogens (tertiary/aromatic N) is 4. The minimum atomic E-state index is -1.93. The molecular weight excluding hydrogens is 618 g/mol. The van der Waals surface area contributed by atoms with Gasteiger partial charge < -0.3 is 30.2 Å². The Morgan fingerprint density at radius 3 is 2.37 bits per heavy atom. The lowest BCUT2D eigenvalue weighted by atomic mass is 9.82. The van der Waals surface area contributed by atoms with E-state index in [1.807, 2.05) is 66.7 Å². The van der Waals surface area contributed by atoms with Crippen LogP contribution >= 0.6 is 0 Å². The van der Waals surface area contributed by atoms with Gasteiger partial charge in [0.15, 0.2) is 5.60 Å².